The van der Waals surface area contributed by atoms with Crippen LogP contribution in [0, 0.1) is 5.92 Å². The maximum atomic E-state index is 12.9. The van der Waals surface area contributed by atoms with Gasteiger partial charge in [-0.1, -0.05) is 43.2 Å². The molecule has 0 aromatic heterocycles. The van der Waals surface area contributed by atoms with Crippen molar-refractivity contribution in [3.8, 4) is 0 Å². The number of likely N-dealkylation sites (N-methyl/N-ethyl adjacent to an activating group) is 1. The number of hydrogen-bond acceptors (Lipinski definition) is 3. The van der Waals surface area contributed by atoms with Crippen LogP contribution in [-0.4, -0.2) is 48.8 Å². The Morgan fingerprint density at radius 1 is 1.16 bits per heavy atom. The molecule has 2 atom stereocenters. The molecule has 6 heteroatoms. The smallest absolute Gasteiger partial charge is 0.343 e. The molecule has 0 radical (unpaired) electrons. The number of halogens is 2. The van der Waals surface area contributed by atoms with Crippen molar-refractivity contribution >= 4 is 23.0 Å². The summed E-state index contributed by atoms with van der Waals surface area (Å²) in [6, 6.07) is 9.33. The molecule has 1 aromatic rings. The van der Waals surface area contributed by atoms with Gasteiger partial charge in [0.25, 0.3) is 0 Å². The summed E-state index contributed by atoms with van der Waals surface area (Å²) in [6.45, 7) is 1.83. The van der Waals surface area contributed by atoms with Gasteiger partial charge in [0.2, 0.25) is 0 Å². The average molecular weight is 479 g/mol. The van der Waals surface area contributed by atoms with E-state index in [9.17, 15) is 9.90 Å². The molecule has 0 bridgehead atoms. The van der Waals surface area contributed by atoms with Crippen LogP contribution in [0.25, 0.3) is 0 Å². The number of hydrogen-bond donors (Lipinski definition) is 1. The van der Waals surface area contributed by atoms with Gasteiger partial charge >= 0.3 is 5.97 Å². The van der Waals surface area contributed by atoms with Gasteiger partial charge in [-0.05, 0) is 18.4 Å². The third-order valence-corrected chi connectivity index (χ3v) is 5.50. The Hall–Kier alpha value is -0.430. The number of quaternary nitrogens is 1. The standard InChI is InChI=1S/C19H28NO3.2BrH/c1-20(2)13-12-17(14-20)23-18(21)19(22,16-10-6-7-11-16)15-8-4-3-5-9-15;;/h3-5,8-9,16-17,22H,6-7,10-14H2,1-2H3;2*1H/q+1;;/p-1. The number of likely N-dealkylation sites (tertiary alicyclic amines) is 1. The molecule has 25 heavy (non-hydrogen) atoms. The van der Waals surface area contributed by atoms with Crippen LogP contribution in [0.4, 0.5) is 0 Å². The van der Waals surface area contributed by atoms with E-state index in [4.69, 9.17) is 4.74 Å². The van der Waals surface area contributed by atoms with Crippen LogP contribution in [0.3, 0.4) is 0 Å². The number of esters is 1. The molecule has 1 N–H and O–H groups in total. The lowest BCUT2D eigenvalue weighted by molar-refractivity contribution is -0.879. The van der Waals surface area contributed by atoms with E-state index in [0.29, 0.717) is 5.56 Å². The molecule has 2 aliphatic rings. The number of benzene rings is 1. The van der Waals surface area contributed by atoms with E-state index in [1.165, 1.54) is 0 Å². The van der Waals surface area contributed by atoms with E-state index in [2.05, 4.69) is 14.1 Å². The monoisotopic (exact) mass is 477 g/mol. The molecule has 1 aliphatic heterocycles. The van der Waals surface area contributed by atoms with E-state index >= 15 is 0 Å². The second-order valence-corrected chi connectivity index (χ2v) is 7.77. The summed E-state index contributed by atoms with van der Waals surface area (Å²) >= 11 is 0. The summed E-state index contributed by atoms with van der Waals surface area (Å²) in [4.78, 5) is 12.9. The summed E-state index contributed by atoms with van der Waals surface area (Å²) in [6.07, 6.45) is 4.68. The lowest BCUT2D eigenvalue weighted by atomic mass is 9.80. The van der Waals surface area contributed by atoms with Gasteiger partial charge in [-0.25, -0.2) is 4.79 Å². The summed E-state index contributed by atoms with van der Waals surface area (Å²) in [5.41, 5.74) is -0.832. The Balaban J connectivity index is 0.00000156. The Bertz CT molecular complexity index is 561. The van der Waals surface area contributed by atoms with Gasteiger partial charge in [-0.2, -0.15) is 0 Å². The zero-order chi connectivity index (χ0) is 16.5. The number of carbonyl (C=O) groups is 1. The molecule has 0 spiro atoms. The average Bonchev–Trinajstić information content (AvgIpc) is 3.17. The zero-order valence-corrected chi connectivity index (χ0v) is 18.3. The first kappa shape index (κ1) is 22.6. The predicted molar refractivity (Wildman–Crippen MR) is 99.0 cm³/mol. The fraction of sp³-hybridized carbons (Fsp3) is 0.632. The number of carbonyl (C=O) groups excluding carboxylic acids is 1. The summed E-state index contributed by atoms with van der Waals surface area (Å²) in [7, 11) is 4.29. The molecule has 3 rings (SSSR count). The molecule has 0 amide bonds. The predicted octanol–water partition coefficient (Wildman–Crippen LogP) is 0.0382. The lowest BCUT2D eigenvalue weighted by Gasteiger charge is -2.33. The first-order valence-electron chi connectivity index (χ1n) is 8.73. The number of rotatable bonds is 4. The van der Waals surface area contributed by atoms with Gasteiger partial charge in [0.1, 0.15) is 6.54 Å². The third-order valence-electron chi connectivity index (χ3n) is 5.50. The fourth-order valence-corrected chi connectivity index (χ4v) is 4.12. The highest BCUT2D eigenvalue weighted by atomic mass is 79.9. The second kappa shape index (κ2) is 8.98. The molecule has 142 valence electrons. The van der Waals surface area contributed by atoms with Crippen molar-refractivity contribution < 1.29 is 36.1 Å². The Labute approximate surface area is 171 Å². The second-order valence-electron chi connectivity index (χ2n) is 7.77. The van der Waals surface area contributed by atoms with Gasteiger partial charge < -0.3 is 31.3 Å². The fourth-order valence-electron chi connectivity index (χ4n) is 4.12. The van der Waals surface area contributed by atoms with Gasteiger partial charge in [-0.15, -0.1) is 17.0 Å². The highest BCUT2D eigenvalue weighted by molar-refractivity contribution is 8.93. The number of ether oxygens (including phenoxy) is 1. The Kier molecular flexibility index (Phi) is 8.12. The molecule has 1 aromatic carbocycles. The lowest BCUT2D eigenvalue weighted by Crippen LogP contribution is -3.00. The van der Waals surface area contributed by atoms with Gasteiger partial charge in [-0.3, -0.25) is 0 Å². The zero-order valence-electron chi connectivity index (χ0n) is 15.0. The maximum Gasteiger partial charge on any atom is 0.343 e. The molecule has 2 fully saturated rings. The van der Waals surface area contributed by atoms with Crippen molar-refractivity contribution in [2.45, 2.75) is 43.8 Å². The van der Waals surface area contributed by atoms with Crippen LogP contribution in [0.15, 0.2) is 30.3 Å². The van der Waals surface area contributed by atoms with Crippen molar-refractivity contribution in [1.82, 2.24) is 0 Å². The van der Waals surface area contributed by atoms with Crippen molar-refractivity contribution in [1.29, 1.82) is 0 Å². The van der Waals surface area contributed by atoms with E-state index in [-0.39, 0.29) is 46.0 Å². The molecule has 4 nitrogen and oxygen atoms in total. The first-order valence-corrected chi connectivity index (χ1v) is 8.73. The summed E-state index contributed by atoms with van der Waals surface area (Å²) < 4.78 is 6.64. The first-order chi connectivity index (χ1) is 10.9. The van der Waals surface area contributed by atoms with Crippen molar-refractivity contribution in [2.75, 3.05) is 27.2 Å². The van der Waals surface area contributed by atoms with E-state index in [1.807, 2.05) is 30.3 Å². The number of aliphatic hydroxyl groups is 1. The quantitative estimate of drug-likeness (QED) is 0.491. The summed E-state index contributed by atoms with van der Waals surface area (Å²) in [5.74, 6) is -0.496. The van der Waals surface area contributed by atoms with Crippen molar-refractivity contribution in [3.63, 3.8) is 0 Å². The summed E-state index contributed by atoms with van der Waals surface area (Å²) in [5, 5.41) is 11.4. The highest BCUT2D eigenvalue weighted by Crippen LogP contribution is 2.42. The maximum absolute atomic E-state index is 12.9. The van der Waals surface area contributed by atoms with Gasteiger partial charge in [0.15, 0.2) is 11.7 Å². The topological polar surface area (TPSA) is 46.5 Å². The molecular formula is C19H29Br2NO3. The Morgan fingerprint density at radius 2 is 1.76 bits per heavy atom. The third kappa shape index (κ3) is 4.85. The van der Waals surface area contributed by atoms with E-state index < -0.39 is 11.6 Å². The van der Waals surface area contributed by atoms with Gasteiger partial charge in [0.05, 0.1) is 20.6 Å². The molecule has 1 saturated carbocycles. The van der Waals surface area contributed by atoms with Crippen LogP contribution in [0.2, 0.25) is 0 Å². The van der Waals surface area contributed by atoms with Gasteiger partial charge in [0, 0.05) is 12.3 Å². The largest absolute Gasteiger partial charge is 1.00 e. The normalized spacial score (nSPS) is 24.7. The molecule has 1 heterocycles. The molecule has 1 saturated heterocycles. The SMILES string of the molecule is Br.C[N+]1(C)CCC(OC(=O)C(O)(c2ccccc2)C2CCCC2)C1.[Br-]. The molecule has 1 aliphatic carbocycles. The van der Waals surface area contributed by atoms with Crippen molar-refractivity contribution in [3.05, 3.63) is 35.9 Å². The van der Waals surface area contributed by atoms with Crippen molar-refractivity contribution in [2.24, 2.45) is 5.92 Å². The van der Waals surface area contributed by atoms with Crippen LogP contribution >= 0.6 is 17.0 Å². The van der Waals surface area contributed by atoms with Crippen LogP contribution in [0.1, 0.15) is 37.7 Å². The molecular weight excluding hydrogens is 450 g/mol. The van der Waals surface area contributed by atoms with E-state index in [1.54, 1.807) is 0 Å². The minimum Gasteiger partial charge on any atom is -1.00 e. The molecule has 2 unspecified atom stereocenters. The van der Waals surface area contributed by atoms with Crippen LogP contribution in [-0.2, 0) is 15.1 Å². The highest BCUT2D eigenvalue weighted by Gasteiger charge is 2.49. The minimum absolute atomic E-state index is 0. The minimum atomic E-state index is -1.50. The van der Waals surface area contributed by atoms with E-state index in [0.717, 1.165) is 49.7 Å². The van der Waals surface area contributed by atoms with Crippen LogP contribution in [0.5, 0.6) is 0 Å². The Morgan fingerprint density at radius 3 is 2.28 bits per heavy atom. The number of nitrogens with zero attached hydrogens (tertiary/aromatic N) is 1. The van der Waals surface area contributed by atoms with Crippen LogP contribution < -0.4 is 17.0 Å².